The molecule has 0 radical (unpaired) electrons. The van der Waals surface area contributed by atoms with E-state index in [9.17, 15) is 0 Å². The van der Waals surface area contributed by atoms with Gasteiger partial charge in [-0.05, 0) is 25.7 Å². The Kier molecular flexibility index (Phi) is 6.00. The second-order valence-electron chi connectivity index (χ2n) is 3.50. The predicted octanol–water partition coefficient (Wildman–Crippen LogP) is 2.46. The number of nitrogens with zero attached hydrogens (tertiary/aromatic N) is 2. The molecule has 0 aliphatic carbocycles. The van der Waals surface area contributed by atoms with Crippen LogP contribution in [0.15, 0.2) is 12.3 Å². The van der Waals surface area contributed by atoms with Crippen molar-refractivity contribution in [3.05, 3.63) is 12.3 Å². The van der Waals surface area contributed by atoms with Crippen LogP contribution in [-0.4, -0.2) is 34.6 Å². The standard InChI is InChI=1S/C11H20N4S/c1-4-9(8-16-3)14-10-6-7-13-11(15-10)12-5-2/h6-7,9H,4-5,8H2,1-3H3,(H2,12,13,14,15). The first kappa shape index (κ1) is 13.1. The number of rotatable bonds is 7. The summed E-state index contributed by atoms with van der Waals surface area (Å²) in [6.07, 6.45) is 4.99. The van der Waals surface area contributed by atoms with Gasteiger partial charge in [-0.3, -0.25) is 0 Å². The summed E-state index contributed by atoms with van der Waals surface area (Å²) in [5.74, 6) is 2.68. The average Bonchev–Trinajstić information content (AvgIpc) is 2.29. The topological polar surface area (TPSA) is 49.8 Å². The lowest BCUT2D eigenvalue weighted by Crippen LogP contribution is -2.22. The van der Waals surface area contributed by atoms with Gasteiger partial charge in [0.15, 0.2) is 0 Å². The van der Waals surface area contributed by atoms with Crippen molar-refractivity contribution >= 4 is 23.5 Å². The molecule has 1 aromatic heterocycles. The molecule has 5 heteroatoms. The quantitative estimate of drug-likeness (QED) is 0.766. The summed E-state index contributed by atoms with van der Waals surface area (Å²) in [4.78, 5) is 8.53. The molecule has 90 valence electrons. The van der Waals surface area contributed by atoms with Gasteiger partial charge < -0.3 is 10.6 Å². The molecule has 2 N–H and O–H groups in total. The molecule has 4 nitrogen and oxygen atoms in total. The van der Waals surface area contributed by atoms with Gasteiger partial charge in [-0.25, -0.2) is 4.98 Å². The Labute approximate surface area is 102 Å². The minimum atomic E-state index is 0.472. The lowest BCUT2D eigenvalue weighted by Gasteiger charge is -2.16. The third-order valence-electron chi connectivity index (χ3n) is 2.20. The zero-order valence-corrected chi connectivity index (χ0v) is 11.0. The zero-order chi connectivity index (χ0) is 11.8. The smallest absolute Gasteiger partial charge is 0.224 e. The van der Waals surface area contributed by atoms with Crippen molar-refractivity contribution in [2.45, 2.75) is 26.3 Å². The Morgan fingerprint density at radius 3 is 2.88 bits per heavy atom. The molecule has 1 heterocycles. The third kappa shape index (κ3) is 4.26. The molecule has 0 fully saturated rings. The van der Waals surface area contributed by atoms with E-state index in [4.69, 9.17) is 0 Å². The maximum atomic E-state index is 4.39. The van der Waals surface area contributed by atoms with Crippen molar-refractivity contribution in [2.75, 3.05) is 29.2 Å². The Bertz CT molecular complexity index is 306. The zero-order valence-electron chi connectivity index (χ0n) is 10.2. The van der Waals surface area contributed by atoms with Gasteiger partial charge >= 0.3 is 0 Å². The summed E-state index contributed by atoms with van der Waals surface area (Å²) >= 11 is 1.85. The fourth-order valence-electron chi connectivity index (χ4n) is 1.35. The van der Waals surface area contributed by atoms with Gasteiger partial charge in [0.2, 0.25) is 5.95 Å². The normalized spacial score (nSPS) is 12.2. The number of aromatic nitrogens is 2. The molecule has 0 amide bonds. The molecule has 0 aliphatic rings. The van der Waals surface area contributed by atoms with Gasteiger partial charge in [-0.1, -0.05) is 6.92 Å². The molecular formula is C11H20N4S. The van der Waals surface area contributed by atoms with Gasteiger partial charge in [-0.2, -0.15) is 16.7 Å². The number of anilines is 2. The summed E-state index contributed by atoms with van der Waals surface area (Å²) in [6, 6.07) is 2.38. The predicted molar refractivity (Wildman–Crippen MR) is 72.3 cm³/mol. The molecule has 16 heavy (non-hydrogen) atoms. The SMILES string of the molecule is CCNc1nccc(NC(CC)CSC)n1. The van der Waals surface area contributed by atoms with Crippen molar-refractivity contribution in [2.24, 2.45) is 0 Å². The molecule has 0 saturated carbocycles. The van der Waals surface area contributed by atoms with Crippen LogP contribution in [0.2, 0.25) is 0 Å². The average molecular weight is 240 g/mol. The second kappa shape index (κ2) is 7.33. The van der Waals surface area contributed by atoms with Crippen molar-refractivity contribution < 1.29 is 0 Å². The highest BCUT2D eigenvalue weighted by molar-refractivity contribution is 7.98. The number of thioether (sulfide) groups is 1. The Hall–Kier alpha value is -0.970. The lowest BCUT2D eigenvalue weighted by molar-refractivity contribution is 0.769. The Balaban J connectivity index is 2.60. The van der Waals surface area contributed by atoms with E-state index in [1.54, 1.807) is 6.20 Å². The number of hydrogen-bond donors (Lipinski definition) is 2. The maximum Gasteiger partial charge on any atom is 0.224 e. The van der Waals surface area contributed by atoms with E-state index in [1.165, 1.54) is 0 Å². The van der Waals surface area contributed by atoms with Crippen LogP contribution in [0.1, 0.15) is 20.3 Å². The summed E-state index contributed by atoms with van der Waals surface area (Å²) in [7, 11) is 0. The Morgan fingerprint density at radius 2 is 2.25 bits per heavy atom. The Morgan fingerprint density at radius 1 is 1.44 bits per heavy atom. The van der Waals surface area contributed by atoms with E-state index >= 15 is 0 Å². The lowest BCUT2D eigenvalue weighted by atomic mass is 10.2. The van der Waals surface area contributed by atoms with Crippen LogP contribution >= 0.6 is 11.8 Å². The van der Waals surface area contributed by atoms with Crippen LogP contribution in [-0.2, 0) is 0 Å². The monoisotopic (exact) mass is 240 g/mol. The van der Waals surface area contributed by atoms with Gasteiger partial charge in [0.05, 0.1) is 0 Å². The van der Waals surface area contributed by atoms with E-state index in [1.807, 2.05) is 24.8 Å². The van der Waals surface area contributed by atoms with Crippen LogP contribution in [0.3, 0.4) is 0 Å². The molecule has 1 atom stereocenters. The van der Waals surface area contributed by atoms with Crippen LogP contribution in [0.25, 0.3) is 0 Å². The van der Waals surface area contributed by atoms with Crippen molar-refractivity contribution in [3.8, 4) is 0 Å². The van der Waals surface area contributed by atoms with E-state index in [0.717, 1.165) is 24.5 Å². The van der Waals surface area contributed by atoms with E-state index < -0.39 is 0 Å². The molecule has 1 aromatic rings. The second-order valence-corrected chi connectivity index (χ2v) is 4.41. The molecule has 1 unspecified atom stereocenters. The minimum absolute atomic E-state index is 0.472. The first-order chi connectivity index (χ1) is 7.80. The van der Waals surface area contributed by atoms with Crippen LogP contribution in [0.5, 0.6) is 0 Å². The van der Waals surface area contributed by atoms with Gasteiger partial charge in [0, 0.05) is 24.5 Å². The van der Waals surface area contributed by atoms with Gasteiger partial charge in [-0.15, -0.1) is 0 Å². The molecule has 0 saturated heterocycles. The molecule has 0 aliphatic heterocycles. The first-order valence-corrected chi connectivity index (χ1v) is 7.01. The van der Waals surface area contributed by atoms with Crippen LogP contribution in [0, 0.1) is 0 Å². The maximum absolute atomic E-state index is 4.39. The third-order valence-corrected chi connectivity index (χ3v) is 2.94. The van der Waals surface area contributed by atoms with Crippen molar-refractivity contribution in [3.63, 3.8) is 0 Å². The fraction of sp³-hybridized carbons (Fsp3) is 0.636. The molecule has 1 rings (SSSR count). The summed E-state index contributed by atoms with van der Waals surface area (Å²) in [5.41, 5.74) is 0. The summed E-state index contributed by atoms with van der Waals surface area (Å²) in [6.45, 7) is 5.05. The largest absolute Gasteiger partial charge is 0.366 e. The number of nitrogens with one attached hydrogen (secondary N) is 2. The van der Waals surface area contributed by atoms with Crippen molar-refractivity contribution in [1.29, 1.82) is 0 Å². The number of hydrogen-bond acceptors (Lipinski definition) is 5. The summed E-state index contributed by atoms with van der Waals surface area (Å²) in [5, 5.41) is 6.52. The highest BCUT2D eigenvalue weighted by Crippen LogP contribution is 2.11. The van der Waals surface area contributed by atoms with E-state index in [2.05, 4.69) is 33.8 Å². The fourth-order valence-corrected chi connectivity index (χ4v) is 2.08. The highest BCUT2D eigenvalue weighted by Gasteiger charge is 2.06. The summed E-state index contributed by atoms with van der Waals surface area (Å²) < 4.78 is 0. The molecular weight excluding hydrogens is 220 g/mol. The van der Waals surface area contributed by atoms with Gasteiger partial charge in [0.1, 0.15) is 5.82 Å². The van der Waals surface area contributed by atoms with E-state index in [0.29, 0.717) is 12.0 Å². The van der Waals surface area contributed by atoms with Crippen LogP contribution < -0.4 is 10.6 Å². The molecule has 0 aromatic carbocycles. The van der Waals surface area contributed by atoms with Gasteiger partial charge in [0.25, 0.3) is 0 Å². The van der Waals surface area contributed by atoms with Crippen molar-refractivity contribution in [1.82, 2.24) is 9.97 Å². The first-order valence-electron chi connectivity index (χ1n) is 5.62. The minimum Gasteiger partial charge on any atom is -0.366 e. The highest BCUT2D eigenvalue weighted by atomic mass is 32.2. The molecule has 0 spiro atoms. The van der Waals surface area contributed by atoms with E-state index in [-0.39, 0.29) is 0 Å². The van der Waals surface area contributed by atoms with Crippen LogP contribution in [0.4, 0.5) is 11.8 Å². The molecule has 0 bridgehead atoms.